The van der Waals surface area contributed by atoms with Gasteiger partial charge >= 0.3 is 0 Å². The summed E-state index contributed by atoms with van der Waals surface area (Å²) in [6, 6.07) is 7.62. The molecule has 0 atom stereocenters. The van der Waals surface area contributed by atoms with Gasteiger partial charge in [-0.3, -0.25) is 9.20 Å². The molecule has 0 saturated heterocycles. The topological polar surface area (TPSA) is 110 Å². The summed E-state index contributed by atoms with van der Waals surface area (Å²) in [5, 5.41) is 9.01. The lowest BCUT2D eigenvalue weighted by atomic mass is 10.1. The van der Waals surface area contributed by atoms with Crippen molar-refractivity contribution < 1.29 is 4.79 Å². The normalized spacial score (nSPS) is 13.7. The molecule has 4 N–H and O–H groups in total. The number of imidazole rings is 1. The molecule has 0 radical (unpaired) electrons. The molecule has 0 spiro atoms. The van der Waals surface area contributed by atoms with Gasteiger partial charge in [-0.25, -0.2) is 15.0 Å². The van der Waals surface area contributed by atoms with Gasteiger partial charge in [-0.05, 0) is 43.0 Å². The van der Waals surface area contributed by atoms with Crippen molar-refractivity contribution in [3.63, 3.8) is 0 Å². The third kappa shape index (κ3) is 3.42. The van der Waals surface area contributed by atoms with Crippen LogP contribution in [-0.4, -0.2) is 31.8 Å². The second-order valence-corrected chi connectivity index (χ2v) is 8.19. The fraction of sp³-hybridized carbons (Fsp3) is 0.238. The Morgan fingerprint density at radius 3 is 3.07 bits per heavy atom. The maximum Gasteiger partial charge on any atom is 0.250 e. The van der Waals surface area contributed by atoms with Gasteiger partial charge in [0.2, 0.25) is 0 Å². The van der Waals surface area contributed by atoms with Crippen LogP contribution in [0.1, 0.15) is 32.9 Å². The van der Waals surface area contributed by atoms with Crippen molar-refractivity contribution in [3.05, 3.63) is 63.7 Å². The number of hydrogen-bond donors (Lipinski definition) is 3. The monoisotopic (exact) mass is 419 g/mol. The molecule has 0 bridgehead atoms. The van der Waals surface area contributed by atoms with Crippen LogP contribution in [0.15, 0.2) is 42.0 Å². The Morgan fingerprint density at radius 2 is 2.23 bits per heavy atom. The number of nitrogens with one attached hydrogen (secondary N) is 2. The molecule has 0 aromatic carbocycles. The summed E-state index contributed by atoms with van der Waals surface area (Å²) in [6.45, 7) is 2.38. The zero-order valence-corrected chi connectivity index (χ0v) is 17.1. The van der Waals surface area contributed by atoms with Crippen LogP contribution < -0.4 is 16.4 Å². The molecule has 4 aromatic rings. The molecule has 0 unspecified atom stereocenters. The van der Waals surface area contributed by atoms with Crippen LogP contribution in [0.4, 0.5) is 5.82 Å². The van der Waals surface area contributed by atoms with Crippen molar-refractivity contribution in [2.75, 3.05) is 11.9 Å². The van der Waals surface area contributed by atoms with Gasteiger partial charge in [-0.2, -0.15) is 0 Å². The van der Waals surface area contributed by atoms with Crippen molar-refractivity contribution in [3.8, 4) is 11.6 Å². The molecule has 9 heteroatoms. The van der Waals surface area contributed by atoms with Crippen molar-refractivity contribution in [1.82, 2.24) is 24.7 Å². The van der Waals surface area contributed by atoms with E-state index in [1.165, 1.54) is 4.88 Å². The van der Waals surface area contributed by atoms with Gasteiger partial charge in [0.1, 0.15) is 5.82 Å². The summed E-state index contributed by atoms with van der Waals surface area (Å²) in [5.74, 6) is 1.46. The fourth-order valence-corrected chi connectivity index (χ4v) is 4.39. The van der Waals surface area contributed by atoms with E-state index in [1.54, 1.807) is 29.7 Å². The average molecular weight is 420 g/mol. The second-order valence-electron chi connectivity index (χ2n) is 7.16. The lowest BCUT2D eigenvalue weighted by Crippen LogP contribution is -2.15. The number of carbonyl (C=O) groups is 1. The first-order chi connectivity index (χ1) is 14.7. The molecule has 4 aromatic heterocycles. The first-order valence-electron chi connectivity index (χ1n) is 9.83. The molecule has 8 nitrogen and oxygen atoms in total. The molecule has 0 aliphatic carbocycles. The Bertz CT molecular complexity index is 1220. The number of thiophene rings is 1. The maximum atomic E-state index is 11.8. The molecular formula is C21H21N7OS. The maximum absolute atomic E-state index is 11.8. The Morgan fingerprint density at radius 1 is 1.30 bits per heavy atom. The molecule has 152 valence electrons. The highest BCUT2D eigenvalue weighted by molar-refractivity contribution is 7.09. The van der Waals surface area contributed by atoms with Crippen LogP contribution in [0.3, 0.4) is 0 Å². The molecule has 5 heterocycles. The summed E-state index contributed by atoms with van der Waals surface area (Å²) in [7, 11) is 0. The zero-order chi connectivity index (χ0) is 20.5. The van der Waals surface area contributed by atoms with E-state index >= 15 is 0 Å². The number of amides is 1. The molecule has 1 amide bonds. The van der Waals surface area contributed by atoms with E-state index < -0.39 is 5.91 Å². The Balaban J connectivity index is 1.61. The molecule has 30 heavy (non-hydrogen) atoms. The first-order valence-corrected chi connectivity index (χ1v) is 10.7. The van der Waals surface area contributed by atoms with E-state index in [9.17, 15) is 4.79 Å². The summed E-state index contributed by atoms with van der Waals surface area (Å²) in [6.07, 6.45) is 5.38. The molecule has 1 aliphatic rings. The highest BCUT2D eigenvalue weighted by Crippen LogP contribution is 2.26. The number of aryl methyl sites for hydroxylation is 1. The summed E-state index contributed by atoms with van der Waals surface area (Å²) >= 11 is 1.71. The largest absolute Gasteiger partial charge is 0.366 e. The van der Waals surface area contributed by atoms with E-state index in [2.05, 4.69) is 27.1 Å². The van der Waals surface area contributed by atoms with E-state index in [0.29, 0.717) is 29.3 Å². The number of rotatable bonds is 5. The van der Waals surface area contributed by atoms with Crippen molar-refractivity contribution in [2.24, 2.45) is 5.73 Å². The van der Waals surface area contributed by atoms with E-state index in [4.69, 9.17) is 15.7 Å². The Hall–Kier alpha value is -3.30. The minimum Gasteiger partial charge on any atom is -0.366 e. The highest BCUT2D eigenvalue weighted by Gasteiger charge is 2.20. The van der Waals surface area contributed by atoms with Gasteiger partial charge in [0, 0.05) is 23.2 Å². The van der Waals surface area contributed by atoms with Gasteiger partial charge in [-0.1, -0.05) is 6.07 Å². The van der Waals surface area contributed by atoms with Crippen LogP contribution in [0, 0.1) is 0 Å². The summed E-state index contributed by atoms with van der Waals surface area (Å²) in [4.78, 5) is 27.2. The van der Waals surface area contributed by atoms with Crippen molar-refractivity contribution >= 4 is 28.6 Å². The predicted molar refractivity (Wildman–Crippen MR) is 116 cm³/mol. The van der Waals surface area contributed by atoms with Crippen LogP contribution in [0.25, 0.3) is 17.2 Å². The van der Waals surface area contributed by atoms with E-state index in [-0.39, 0.29) is 0 Å². The zero-order valence-electron chi connectivity index (χ0n) is 16.3. The molecule has 5 rings (SSSR count). The van der Waals surface area contributed by atoms with Gasteiger partial charge < -0.3 is 16.4 Å². The standard InChI is InChI=1S/C21H21N7OS/c22-18(29)14-5-2-8-28-17(14)12-25-21(28)20-26-16-6-1-7-23-11-15(16)19(27-20)24-10-13-4-3-9-30-13/h2-5,8-9,12,23H,1,6-7,10-11H2,(H2,22,29)(H,24,26,27). The third-order valence-electron chi connectivity index (χ3n) is 5.21. The number of pyridine rings is 1. The third-order valence-corrected chi connectivity index (χ3v) is 6.08. The average Bonchev–Trinajstić information content (AvgIpc) is 3.36. The minimum atomic E-state index is -0.487. The number of carbonyl (C=O) groups excluding carboxylic acids is 1. The number of anilines is 1. The van der Waals surface area contributed by atoms with Crippen molar-refractivity contribution in [2.45, 2.75) is 25.9 Å². The van der Waals surface area contributed by atoms with Gasteiger partial charge in [0.05, 0.1) is 29.5 Å². The first kappa shape index (κ1) is 18.7. The SMILES string of the molecule is NC(=O)c1cccn2c(-c3nc4c(c(NCc5cccs5)n3)CNCCC4)ncc12. The summed E-state index contributed by atoms with van der Waals surface area (Å²) in [5.41, 5.74) is 8.72. The fourth-order valence-electron chi connectivity index (χ4n) is 3.74. The van der Waals surface area contributed by atoms with Crippen LogP contribution in [0.2, 0.25) is 0 Å². The predicted octanol–water partition coefficient (Wildman–Crippen LogP) is 2.60. The number of aromatic nitrogens is 4. The van der Waals surface area contributed by atoms with Crippen molar-refractivity contribution in [1.29, 1.82) is 0 Å². The highest BCUT2D eigenvalue weighted by atomic mass is 32.1. The molecule has 0 fully saturated rings. The lowest BCUT2D eigenvalue weighted by molar-refractivity contribution is 0.100. The molecular weight excluding hydrogens is 398 g/mol. The van der Waals surface area contributed by atoms with E-state index in [0.717, 1.165) is 43.0 Å². The van der Waals surface area contributed by atoms with Crippen LogP contribution in [0.5, 0.6) is 0 Å². The summed E-state index contributed by atoms with van der Waals surface area (Å²) < 4.78 is 1.82. The Labute approximate surface area is 177 Å². The number of nitrogens with zero attached hydrogens (tertiary/aromatic N) is 4. The van der Waals surface area contributed by atoms with E-state index in [1.807, 2.05) is 16.7 Å². The number of primary amides is 1. The minimum absolute atomic E-state index is 0.422. The molecule has 0 saturated carbocycles. The molecule has 1 aliphatic heterocycles. The Kier molecular flexibility index (Phi) is 4.89. The van der Waals surface area contributed by atoms with Gasteiger partial charge in [-0.15, -0.1) is 11.3 Å². The van der Waals surface area contributed by atoms with Crippen LogP contribution in [-0.2, 0) is 19.5 Å². The van der Waals surface area contributed by atoms with Crippen LogP contribution >= 0.6 is 11.3 Å². The number of nitrogens with two attached hydrogens (primary N) is 1. The number of hydrogen-bond acceptors (Lipinski definition) is 7. The second kappa shape index (κ2) is 7.85. The number of fused-ring (bicyclic) bond motifs is 2. The van der Waals surface area contributed by atoms with Gasteiger partial charge in [0.25, 0.3) is 5.91 Å². The quantitative estimate of drug-likeness (QED) is 0.459. The lowest BCUT2D eigenvalue weighted by Gasteiger charge is -2.14. The van der Waals surface area contributed by atoms with Gasteiger partial charge in [0.15, 0.2) is 11.6 Å². The smallest absolute Gasteiger partial charge is 0.250 e.